The molecule has 1 amide bonds. The summed E-state index contributed by atoms with van der Waals surface area (Å²) in [7, 11) is 0. The highest BCUT2D eigenvalue weighted by Gasteiger charge is 2.44. The van der Waals surface area contributed by atoms with Gasteiger partial charge in [-0.15, -0.1) is 0 Å². The van der Waals surface area contributed by atoms with E-state index >= 15 is 0 Å². The molecule has 1 aliphatic heterocycles. The number of likely N-dealkylation sites (tertiary alicyclic amines) is 1. The van der Waals surface area contributed by atoms with Crippen LogP contribution in [0.15, 0.2) is 18.2 Å². The summed E-state index contributed by atoms with van der Waals surface area (Å²) in [6.45, 7) is 4.40. The summed E-state index contributed by atoms with van der Waals surface area (Å²) >= 11 is 0. The Hall–Kier alpha value is -1.56. The SMILES string of the molecule is Cc1c(C2CCN(C(=O)[C@H]3C[C@@](C)(O)C3)CC2)cccc1C(F)(F)F. The van der Waals surface area contributed by atoms with Crippen LogP contribution in [0.1, 0.15) is 55.2 Å². The summed E-state index contributed by atoms with van der Waals surface area (Å²) in [5.74, 6) is 0.0171. The smallest absolute Gasteiger partial charge is 0.390 e. The van der Waals surface area contributed by atoms with E-state index in [1.165, 1.54) is 13.0 Å². The molecule has 0 atom stereocenters. The Bertz CT molecular complexity index is 653. The van der Waals surface area contributed by atoms with Gasteiger partial charge in [0.25, 0.3) is 0 Å². The molecular formula is C19H24F3NO2. The zero-order chi connectivity index (χ0) is 18.4. The first-order valence-corrected chi connectivity index (χ1v) is 8.76. The molecule has 2 aliphatic rings. The van der Waals surface area contributed by atoms with Crippen LogP contribution < -0.4 is 0 Å². The minimum atomic E-state index is -4.34. The van der Waals surface area contributed by atoms with Crippen molar-refractivity contribution in [3.8, 4) is 0 Å². The summed E-state index contributed by atoms with van der Waals surface area (Å²) in [6, 6.07) is 4.37. The van der Waals surface area contributed by atoms with E-state index in [4.69, 9.17) is 0 Å². The molecule has 3 nitrogen and oxygen atoms in total. The maximum Gasteiger partial charge on any atom is 0.416 e. The third kappa shape index (κ3) is 3.68. The summed E-state index contributed by atoms with van der Waals surface area (Å²) in [5.41, 5.74) is -0.253. The van der Waals surface area contributed by atoms with Gasteiger partial charge in [0.15, 0.2) is 0 Å². The van der Waals surface area contributed by atoms with Crippen LogP contribution in [0.4, 0.5) is 13.2 Å². The standard InChI is InChI=1S/C19H24F3NO2/c1-12-15(4-3-5-16(12)19(20,21)22)13-6-8-23(9-7-13)17(24)14-10-18(2,25)11-14/h3-5,13-14,25H,6-11H2,1-2H3/t14-,18+. The van der Waals surface area contributed by atoms with Gasteiger partial charge >= 0.3 is 6.18 Å². The monoisotopic (exact) mass is 355 g/mol. The molecule has 138 valence electrons. The van der Waals surface area contributed by atoms with Gasteiger partial charge in [0, 0.05) is 19.0 Å². The van der Waals surface area contributed by atoms with Crippen molar-refractivity contribution in [3.05, 3.63) is 34.9 Å². The van der Waals surface area contributed by atoms with E-state index in [-0.39, 0.29) is 17.7 Å². The number of hydrogen-bond acceptors (Lipinski definition) is 2. The van der Waals surface area contributed by atoms with Crippen LogP contribution in [0.25, 0.3) is 0 Å². The number of halogens is 3. The Balaban J connectivity index is 1.64. The van der Waals surface area contributed by atoms with Crippen LogP contribution in [0, 0.1) is 12.8 Å². The average Bonchev–Trinajstić information content (AvgIpc) is 2.51. The van der Waals surface area contributed by atoms with Gasteiger partial charge in [-0.05, 0) is 62.6 Å². The van der Waals surface area contributed by atoms with Crippen molar-refractivity contribution in [2.45, 2.75) is 57.2 Å². The number of nitrogens with zero attached hydrogens (tertiary/aromatic N) is 1. The number of piperidine rings is 1. The van der Waals surface area contributed by atoms with Crippen LogP contribution in [0.5, 0.6) is 0 Å². The van der Waals surface area contributed by atoms with Crippen molar-refractivity contribution in [2.24, 2.45) is 5.92 Å². The Morgan fingerprint density at radius 3 is 2.36 bits per heavy atom. The zero-order valence-electron chi connectivity index (χ0n) is 14.6. The fourth-order valence-corrected chi connectivity index (χ4v) is 4.25. The van der Waals surface area contributed by atoms with Crippen LogP contribution in [0.2, 0.25) is 0 Å². The van der Waals surface area contributed by atoms with Gasteiger partial charge in [0.05, 0.1) is 11.2 Å². The molecule has 1 heterocycles. The lowest BCUT2D eigenvalue weighted by molar-refractivity contribution is -0.150. The highest BCUT2D eigenvalue weighted by Crippen LogP contribution is 2.40. The lowest BCUT2D eigenvalue weighted by Crippen LogP contribution is -2.51. The number of hydrogen-bond donors (Lipinski definition) is 1. The molecule has 1 aromatic carbocycles. The summed E-state index contributed by atoms with van der Waals surface area (Å²) < 4.78 is 39.3. The number of rotatable bonds is 2. The van der Waals surface area contributed by atoms with Gasteiger partial charge in [0.1, 0.15) is 0 Å². The molecule has 0 aromatic heterocycles. The minimum absolute atomic E-state index is 0.0517. The van der Waals surface area contributed by atoms with Crippen molar-refractivity contribution in [2.75, 3.05) is 13.1 Å². The number of aliphatic hydroxyl groups is 1. The van der Waals surface area contributed by atoms with Crippen LogP contribution in [0.3, 0.4) is 0 Å². The maximum absolute atomic E-state index is 13.1. The normalized spacial score (nSPS) is 27.9. The van der Waals surface area contributed by atoms with Gasteiger partial charge in [-0.1, -0.05) is 12.1 Å². The molecular weight excluding hydrogens is 331 g/mol. The first-order valence-electron chi connectivity index (χ1n) is 8.76. The number of benzene rings is 1. The third-order valence-corrected chi connectivity index (χ3v) is 5.65. The minimum Gasteiger partial charge on any atom is -0.390 e. The topological polar surface area (TPSA) is 40.5 Å². The quantitative estimate of drug-likeness (QED) is 0.875. The largest absolute Gasteiger partial charge is 0.416 e. The molecule has 0 radical (unpaired) electrons. The molecule has 2 fully saturated rings. The van der Waals surface area contributed by atoms with Gasteiger partial charge in [-0.2, -0.15) is 13.2 Å². The van der Waals surface area contributed by atoms with Gasteiger partial charge in [-0.3, -0.25) is 4.79 Å². The van der Waals surface area contributed by atoms with E-state index in [2.05, 4.69) is 0 Å². The summed E-state index contributed by atoms with van der Waals surface area (Å²) in [5, 5.41) is 9.78. The third-order valence-electron chi connectivity index (χ3n) is 5.65. The van der Waals surface area contributed by atoms with E-state index < -0.39 is 17.3 Å². The molecule has 0 bridgehead atoms. The zero-order valence-corrected chi connectivity index (χ0v) is 14.6. The molecule has 1 aliphatic carbocycles. The number of alkyl halides is 3. The lowest BCUT2D eigenvalue weighted by Gasteiger charge is -2.43. The molecule has 6 heteroatoms. The fraction of sp³-hybridized carbons (Fsp3) is 0.632. The first kappa shape index (κ1) is 18.2. The van der Waals surface area contributed by atoms with Crippen molar-refractivity contribution in [1.82, 2.24) is 4.90 Å². The highest BCUT2D eigenvalue weighted by molar-refractivity contribution is 5.80. The molecule has 25 heavy (non-hydrogen) atoms. The lowest BCUT2D eigenvalue weighted by atomic mass is 9.71. The van der Waals surface area contributed by atoms with Crippen LogP contribution in [-0.4, -0.2) is 34.6 Å². The van der Waals surface area contributed by atoms with Crippen molar-refractivity contribution in [3.63, 3.8) is 0 Å². The van der Waals surface area contributed by atoms with Crippen molar-refractivity contribution in [1.29, 1.82) is 0 Å². The molecule has 0 unspecified atom stereocenters. The van der Waals surface area contributed by atoms with Crippen molar-refractivity contribution >= 4 is 5.91 Å². The Morgan fingerprint density at radius 2 is 1.84 bits per heavy atom. The number of carbonyl (C=O) groups excluding carboxylic acids is 1. The van der Waals surface area contributed by atoms with Gasteiger partial charge in [-0.25, -0.2) is 0 Å². The average molecular weight is 355 g/mol. The molecule has 1 saturated carbocycles. The summed E-state index contributed by atoms with van der Waals surface area (Å²) in [4.78, 5) is 14.2. The van der Waals surface area contributed by atoms with E-state index in [1.54, 1.807) is 17.9 Å². The number of amides is 1. The second-order valence-electron chi connectivity index (χ2n) is 7.72. The second kappa shape index (κ2) is 6.31. The first-order chi connectivity index (χ1) is 11.6. The Morgan fingerprint density at radius 1 is 1.24 bits per heavy atom. The van der Waals surface area contributed by atoms with Gasteiger partial charge in [0.2, 0.25) is 5.91 Å². The van der Waals surface area contributed by atoms with Crippen LogP contribution >= 0.6 is 0 Å². The fourth-order valence-electron chi connectivity index (χ4n) is 4.25. The molecule has 0 spiro atoms. The predicted octanol–water partition coefficient (Wildman–Crippen LogP) is 3.88. The second-order valence-corrected chi connectivity index (χ2v) is 7.72. The van der Waals surface area contributed by atoms with E-state index in [0.29, 0.717) is 44.3 Å². The van der Waals surface area contributed by atoms with Crippen LogP contribution in [-0.2, 0) is 11.0 Å². The highest BCUT2D eigenvalue weighted by atomic mass is 19.4. The summed E-state index contributed by atoms with van der Waals surface area (Å²) in [6.07, 6.45) is -1.98. The molecule has 1 aromatic rings. The molecule has 1 N–H and O–H groups in total. The van der Waals surface area contributed by atoms with E-state index in [1.807, 2.05) is 0 Å². The van der Waals surface area contributed by atoms with Gasteiger partial charge < -0.3 is 10.0 Å². The van der Waals surface area contributed by atoms with Crippen molar-refractivity contribution < 1.29 is 23.1 Å². The number of carbonyl (C=O) groups is 1. The molecule has 3 rings (SSSR count). The predicted molar refractivity (Wildman–Crippen MR) is 88.1 cm³/mol. The maximum atomic E-state index is 13.1. The molecule has 1 saturated heterocycles. The Kier molecular flexibility index (Phi) is 4.60. The van der Waals surface area contributed by atoms with E-state index in [9.17, 15) is 23.1 Å². The Labute approximate surface area is 145 Å². The van der Waals surface area contributed by atoms with E-state index in [0.717, 1.165) is 11.6 Å².